The Hall–Kier alpha value is -3.68. The van der Waals surface area contributed by atoms with E-state index in [1.54, 1.807) is 7.11 Å². The molecule has 30 heavy (non-hydrogen) atoms. The second-order valence-electron chi connectivity index (χ2n) is 7.10. The molecule has 1 aliphatic rings. The highest BCUT2D eigenvalue weighted by Gasteiger charge is 2.29. The molecule has 0 fully saturated rings. The number of hydrogen-bond donors (Lipinski definition) is 2. The number of nitrogen functional groups attached to an aromatic ring is 1. The highest BCUT2D eigenvalue weighted by Crippen LogP contribution is 2.34. The van der Waals surface area contributed by atoms with Gasteiger partial charge in [0.25, 0.3) is 0 Å². The van der Waals surface area contributed by atoms with Crippen LogP contribution < -0.4 is 15.8 Å². The van der Waals surface area contributed by atoms with E-state index in [1.807, 2.05) is 60.9 Å². The maximum absolute atomic E-state index is 12.4. The lowest BCUT2D eigenvalue weighted by Gasteiger charge is -2.14. The summed E-state index contributed by atoms with van der Waals surface area (Å²) in [5.74, 6) is 1.99. The summed E-state index contributed by atoms with van der Waals surface area (Å²) in [5, 5.41) is 11.5. The van der Waals surface area contributed by atoms with Crippen molar-refractivity contribution in [2.45, 2.75) is 26.3 Å². The molecule has 154 valence electrons. The minimum atomic E-state index is -0.483. The molecule has 1 aromatic heterocycles. The molecule has 8 heteroatoms. The highest BCUT2D eigenvalue weighted by molar-refractivity contribution is 6.15. The van der Waals surface area contributed by atoms with Crippen molar-refractivity contribution >= 4 is 17.3 Å². The van der Waals surface area contributed by atoms with Crippen molar-refractivity contribution in [3.8, 4) is 11.4 Å². The molecule has 1 aliphatic heterocycles. The fourth-order valence-corrected chi connectivity index (χ4v) is 3.66. The van der Waals surface area contributed by atoms with Gasteiger partial charge in [0.1, 0.15) is 17.6 Å². The molecule has 2 aromatic carbocycles. The molecule has 0 radical (unpaired) electrons. The number of ether oxygens (including phenoxy) is 1. The number of carbonyl (C=O) groups excluding carboxylic acids is 1. The van der Waals surface area contributed by atoms with Gasteiger partial charge in [-0.2, -0.15) is 0 Å². The summed E-state index contributed by atoms with van der Waals surface area (Å²) in [6, 6.07) is 12.9. The van der Waals surface area contributed by atoms with Crippen LogP contribution in [0.15, 0.2) is 47.5 Å². The second kappa shape index (κ2) is 7.98. The van der Waals surface area contributed by atoms with Gasteiger partial charge in [-0.1, -0.05) is 12.1 Å². The standard InChI is InChI=1S/C22H24N6O2/c1-4-24-20(29)12-18-22-27-26-13(2)28(22)19-10-9-16(30-3)11-17(19)21(25-18)14-5-7-15(23)8-6-14/h5-11,18H,4,12,23H2,1-3H3,(H,24,29). The van der Waals surface area contributed by atoms with Crippen LogP contribution in [0.3, 0.4) is 0 Å². The van der Waals surface area contributed by atoms with Gasteiger partial charge in [0.2, 0.25) is 5.91 Å². The predicted molar refractivity (Wildman–Crippen MR) is 115 cm³/mol. The lowest BCUT2D eigenvalue weighted by atomic mass is 9.99. The molecule has 1 atom stereocenters. The van der Waals surface area contributed by atoms with E-state index in [0.717, 1.165) is 28.4 Å². The first kappa shape index (κ1) is 19.6. The van der Waals surface area contributed by atoms with Crippen molar-refractivity contribution < 1.29 is 9.53 Å². The summed E-state index contributed by atoms with van der Waals surface area (Å²) in [5.41, 5.74) is 9.98. The number of rotatable bonds is 5. The molecule has 0 spiro atoms. The molecule has 8 nitrogen and oxygen atoms in total. The van der Waals surface area contributed by atoms with Gasteiger partial charge in [0.05, 0.1) is 24.9 Å². The molecule has 0 bridgehead atoms. The van der Waals surface area contributed by atoms with Crippen LogP contribution >= 0.6 is 0 Å². The molecule has 0 saturated carbocycles. The third kappa shape index (κ3) is 3.52. The van der Waals surface area contributed by atoms with Crippen LogP contribution in [0.4, 0.5) is 5.69 Å². The number of aliphatic imine (C=N–C) groups is 1. The molecule has 1 amide bonds. The smallest absolute Gasteiger partial charge is 0.222 e. The van der Waals surface area contributed by atoms with E-state index in [2.05, 4.69) is 15.5 Å². The number of benzene rings is 2. The third-order valence-corrected chi connectivity index (χ3v) is 5.07. The zero-order valence-corrected chi connectivity index (χ0v) is 17.2. The van der Waals surface area contributed by atoms with Gasteiger partial charge in [0, 0.05) is 23.4 Å². The van der Waals surface area contributed by atoms with E-state index < -0.39 is 6.04 Å². The Balaban J connectivity index is 1.96. The van der Waals surface area contributed by atoms with E-state index in [4.69, 9.17) is 15.5 Å². The Bertz CT molecular complexity index is 1120. The maximum atomic E-state index is 12.4. The van der Waals surface area contributed by atoms with Crippen molar-refractivity contribution in [2.75, 3.05) is 19.4 Å². The molecule has 1 unspecified atom stereocenters. The summed E-state index contributed by atoms with van der Waals surface area (Å²) >= 11 is 0. The number of nitrogens with one attached hydrogen (secondary N) is 1. The topological polar surface area (TPSA) is 107 Å². The van der Waals surface area contributed by atoms with Crippen molar-refractivity contribution in [3.05, 3.63) is 65.2 Å². The molecule has 0 saturated heterocycles. The molecule has 3 N–H and O–H groups in total. The SMILES string of the molecule is CCNC(=O)CC1N=C(c2ccc(N)cc2)c2cc(OC)ccc2-n2c(C)nnc21. The summed E-state index contributed by atoms with van der Waals surface area (Å²) in [6.07, 6.45) is 0.176. The second-order valence-corrected chi connectivity index (χ2v) is 7.10. The first-order chi connectivity index (χ1) is 14.5. The van der Waals surface area contributed by atoms with Gasteiger partial charge in [-0.05, 0) is 44.2 Å². The van der Waals surface area contributed by atoms with Gasteiger partial charge < -0.3 is 15.8 Å². The van der Waals surface area contributed by atoms with Crippen molar-refractivity contribution in [1.82, 2.24) is 20.1 Å². The normalized spacial score (nSPS) is 14.9. The van der Waals surface area contributed by atoms with Crippen LogP contribution in [0.25, 0.3) is 5.69 Å². The van der Waals surface area contributed by atoms with Crippen LogP contribution in [0.1, 0.15) is 42.2 Å². The summed E-state index contributed by atoms with van der Waals surface area (Å²) in [7, 11) is 1.63. The molecule has 2 heterocycles. The number of aryl methyl sites for hydroxylation is 1. The first-order valence-corrected chi connectivity index (χ1v) is 9.83. The molecule has 3 aromatic rings. The molecular weight excluding hydrogens is 380 g/mol. The van der Waals surface area contributed by atoms with Crippen LogP contribution in [-0.2, 0) is 4.79 Å². The van der Waals surface area contributed by atoms with Crippen molar-refractivity contribution in [3.63, 3.8) is 0 Å². The number of hydrogen-bond acceptors (Lipinski definition) is 6. The van der Waals surface area contributed by atoms with Gasteiger partial charge >= 0.3 is 0 Å². The summed E-state index contributed by atoms with van der Waals surface area (Å²) in [4.78, 5) is 17.4. The zero-order chi connectivity index (χ0) is 21.3. The number of aromatic nitrogens is 3. The third-order valence-electron chi connectivity index (χ3n) is 5.07. The molecule has 0 aliphatic carbocycles. The molecule has 4 rings (SSSR count). The zero-order valence-electron chi connectivity index (χ0n) is 17.2. The Morgan fingerprint density at radius 3 is 2.67 bits per heavy atom. The first-order valence-electron chi connectivity index (χ1n) is 9.83. The maximum Gasteiger partial charge on any atom is 0.222 e. The van der Waals surface area contributed by atoms with Crippen molar-refractivity contribution in [1.29, 1.82) is 0 Å². The lowest BCUT2D eigenvalue weighted by molar-refractivity contribution is -0.121. The fourth-order valence-electron chi connectivity index (χ4n) is 3.66. The van der Waals surface area contributed by atoms with E-state index in [-0.39, 0.29) is 12.3 Å². The van der Waals surface area contributed by atoms with E-state index in [0.29, 0.717) is 23.8 Å². The Kier molecular flexibility index (Phi) is 5.22. The number of amides is 1. The van der Waals surface area contributed by atoms with Crippen LogP contribution in [0.2, 0.25) is 0 Å². The van der Waals surface area contributed by atoms with Gasteiger partial charge in [0.15, 0.2) is 5.82 Å². The fraction of sp³-hybridized carbons (Fsp3) is 0.273. The number of anilines is 1. The minimum absolute atomic E-state index is 0.0846. The Labute approximate surface area is 174 Å². The van der Waals surface area contributed by atoms with Crippen LogP contribution in [0.5, 0.6) is 5.75 Å². The number of methoxy groups -OCH3 is 1. The largest absolute Gasteiger partial charge is 0.497 e. The average molecular weight is 404 g/mol. The number of nitrogens with two attached hydrogens (primary N) is 1. The average Bonchev–Trinajstić information content (AvgIpc) is 3.06. The van der Waals surface area contributed by atoms with E-state index in [9.17, 15) is 4.79 Å². The predicted octanol–water partition coefficient (Wildman–Crippen LogP) is 2.58. The Morgan fingerprint density at radius 1 is 1.20 bits per heavy atom. The van der Waals surface area contributed by atoms with Crippen LogP contribution in [0, 0.1) is 6.92 Å². The van der Waals surface area contributed by atoms with Gasteiger partial charge in [-0.15, -0.1) is 10.2 Å². The summed E-state index contributed by atoms with van der Waals surface area (Å²) < 4.78 is 7.43. The monoisotopic (exact) mass is 404 g/mol. The molecular formula is C22H24N6O2. The van der Waals surface area contributed by atoms with Gasteiger partial charge in [-0.25, -0.2) is 0 Å². The summed E-state index contributed by atoms with van der Waals surface area (Å²) in [6.45, 7) is 4.34. The number of fused-ring (bicyclic) bond motifs is 3. The number of carbonyl (C=O) groups is 1. The highest BCUT2D eigenvalue weighted by atomic mass is 16.5. The van der Waals surface area contributed by atoms with E-state index in [1.165, 1.54) is 0 Å². The van der Waals surface area contributed by atoms with Crippen molar-refractivity contribution in [2.24, 2.45) is 4.99 Å². The quantitative estimate of drug-likeness (QED) is 0.636. The minimum Gasteiger partial charge on any atom is -0.497 e. The van der Waals surface area contributed by atoms with Crippen LogP contribution in [-0.4, -0.2) is 40.0 Å². The van der Waals surface area contributed by atoms with Gasteiger partial charge in [-0.3, -0.25) is 14.4 Å². The Morgan fingerprint density at radius 2 is 1.97 bits per heavy atom. The van der Waals surface area contributed by atoms with E-state index >= 15 is 0 Å². The lowest BCUT2D eigenvalue weighted by Crippen LogP contribution is -2.25. The number of nitrogens with zero attached hydrogens (tertiary/aromatic N) is 4.